The van der Waals surface area contributed by atoms with Gasteiger partial charge in [-0.3, -0.25) is 0 Å². The summed E-state index contributed by atoms with van der Waals surface area (Å²) in [5, 5.41) is 16.9. The number of carbonyl (C=O) groups is 1. The first-order valence-corrected chi connectivity index (χ1v) is 1.96. The molecule has 0 amide bonds. The van der Waals surface area contributed by atoms with Gasteiger partial charge in [0, 0.05) is 6.08 Å². The van der Waals surface area contributed by atoms with Crippen molar-refractivity contribution in [3.63, 3.8) is 0 Å². The normalized spacial score (nSPS) is 23.5. The van der Waals surface area contributed by atoms with Crippen LogP contribution in [-0.2, 0) is 9.53 Å². The van der Waals surface area contributed by atoms with Gasteiger partial charge in [-0.1, -0.05) is 0 Å². The highest BCUT2D eigenvalue weighted by Crippen LogP contribution is 2.10. The molecule has 44 valence electrons. The molecule has 0 atom stereocenters. The Morgan fingerprint density at radius 1 is 1.62 bits per heavy atom. The van der Waals surface area contributed by atoms with E-state index in [0.29, 0.717) is 0 Å². The van der Waals surface area contributed by atoms with Gasteiger partial charge in [-0.25, -0.2) is 4.79 Å². The summed E-state index contributed by atoms with van der Waals surface area (Å²) in [4.78, 5) is 10.1. The SMILES string of the molecule is O=C1OC=CC1(O)O. The second-order valence-electron chi connectivity index (χ2n) is 1.43. The van der Waals surface area contributed by atoms with Crippen molar-refractivity contribution in [3.05, 3.63) is 12.3 Å². The monoisotopic (exact) mass is 116 g/mol. The molecule has 2 N–H and O–H groups in total. The summed E-state index contributed by atoms with van der Waals surface area (Å²) in [7, 11) is 0. The molecule has 4 nitrogen and oxygen atoms in total. The van der Waals surface area contributed by atoms with Gasteiger partial charge in [0.1, 0.15) is 0 Å². The Kier molecular flexibility index (Phi) is 0.858. The lowest BCUT2D eigenvalue weighted by molar-refractivity contribution is -0.181. The molecular weight excluding hydrogens is 112 g/mol. The van der Waals surface area contributed by atoms with Crippen LogP contribution < -0.4 is 0 Å². The largest absolute Gasteiger partial charge is 0.430 e. The summed E-state index contributed by atoms with van der Waals surface area (Å²) in [5.74, 6) is -3.45. The number of hydrogen-bond donors (Lipinski definition) is 2. The zero-order valence-corrected chi connectivity index (χ0v) is 3.87. The minimum Gasteiger partial charge on any atom is -0.430 e. The van der Waals surface area contributed by atoms with Crippen LogP contribution in [0.2, 0.25) is 0 Å². The third kappa shape index (κ3) is 0.595. The highest BCUT2D eigenvalue weighted by atomic mass is 16.6. The van der Waals surface area contributed by atoms with Crippen molar-refractivity contribution in [3.8, 4) is 0 Å². The van der Waals surface area contributed by atoms with Crippen LogP contribution in [0.25, 0.3) is 0 Å². The maximum absolute atomic E-state index is 10.1. The van der Waals surface area contributed by atoms with Crippen molar-refractivity contribution in [1.82, 2.24) is 0 Å². The molecule has 0 aromatic rings. The van der Waals surface area contributed by atoms with Gasteiger partial charge in [0.25, 0.3) is 5.79 Å². The molecule has 1 heterocycles. The maximum Gasteiger partial charge on any atom is 0.375 e. The summed E-state index contributed by atoms with van der Waals surface area (Å²) in [6, 6.07) is 0. The Morgan fingerprint density at radius 3 is 2.38 bits per heavy atom. The van der Waals surface area contributed by atoms with E-state index in [9.17, 15) is 4.79 Å². The molecule has 0 aromatic heterocycles. The van der Waals surface area contributed by atoms with E-state index in [4.69, 9.17) is 10.2 Å². The molecular formula is C4H4O4. The van der Waals surface area contributed by atoms with Gasteiger partial charge in [0.2, 0.25) is 0 Å². The van der Waals surface area contributed by atoms with E-state index in [0.717, 1.165) is 12.3 Å². The highest BCUT2D eigenvalue weighted by molar-refractivity contribution is 5.82. The number of cyclic esters (lactones) is 1. The van der Waals surface area contributed by atoms with E-state index in [1.165, 1.54) is 0 Å². The quantitative estimate of drug-likeness (QED) is 0.306. The maximum atomic E-state index is 10.1. The van der Waals surface area contributed by atoms with Crippen molar-refractivity contribution in [2.75, 3.05) is 0 Å². The Morgan fingerprint density at radius 2 is 2.25 bits per heavy atom. The van der Waals surface area contributed by atoms with Gasteiger partial charge in [-0.2, -0.15) is 0 Å². The number of rotatable bonds is 0. The fraction of sp³-hybridized carbons (Fsp3) is 0.250. The van der Waals surface area contributed by atoms with E-state index < -0.39 is 11.8 Å². The van der Waals surface area contributed by atoms with Crippen molar-refractivity contribution < 1.29 is 19.7 Å². The van der Waals surface area contributed by atoms with E-state index >= 15 is 0 Å². The fourth-order valence-electron chi connectivity index (χ4n) is 0.345. The van der Waals surface area contributed by atoms with Crippen LogP contribution in [0.5, 0.6) is 0 Å². The fourth-order valence-corrected chi connectivity index (χ4v) is 0.345. The molecule has 0 spiro atoms. The molecule has 0 radical (unpaired) electrons. The average Bonchev–Trinajstić information content (AvgIpc) is 1.86. The van der Waals surface area contributed by atoms with Crippen molar-refractivity contribution in [2.24, 2.45) is 0 Å². The van der Waals surface area contributed by atoms with Crippen LogP contribution in [0.1, 0.15) is 0 Å². The van der Waals surface area contributed by atoms with Gasteiger partial charge in [0.05, 0.1) is 6.26 Å². The third-order valence-corrected chi connectivity index (χ3v) is 0.776. The first-order valence-electron chi connectivity index (χ1n) is 1.96. The standard InChI is InChI=1S/C4H4O4/c5-3-4(6,7)1-2-8-3/h1-2,6-7H. The molecule has 0 unspecified atom stereocenters. The van der Waals surface area contributed by atoms with Crippen LogP contribution in [0.15, 0.2) is 12.3 Å². The molecule has 1 aliphatic heterocycles. The molecule has 0 saturated carbocycles. The predicted molar refractivity (Wildman–Crippen MR) is 22.4 cm³/mol. The highest BCUT2D eigenvalue weighted by Gasteiger charge is 2.36. The average molecular weight is 116 g/mol. The predicted octanol–water partition coefficient (Wildman–Crippen LogP) is -1.26. The van der Waals surface area contributed by atoms with Gasteiger partial charge in [0.15, 0.2) is 0 Å². The zero-order chi connectivity index (χ0) is 6.20. The molecule has 1 aliphatic rings. The van der Waals surface area contributed by atoms with Crippen LogP contribution in [0.4, 0.5) is 0 Å². The molecule has 4 heteroatoms. The van der Waals surface area contributed by atoms with Crippen LogP contribution in [-0.4, -0.2) is 22.0 Å². The summed E-state index contributed by atoms with van der Waals surface area (Å²) in [6.45, 7) is 0. The molecule has 0 aliphatic carbocycles. The van der Waals surface area contributed by atoms with Gasteiger partial charge in [-0.15, -0.1) is 0 Å². The van der Waals surface area contributed by atoms with Crippen molar-refractivity contribution >= 4 is 5.97 Å². The molecule has 0 fully saturated rings. The Hall–Kier alpha value is -0.870. The van der Waals surface area contributed by atoms with Crippen LogP contribution in [0, 0.1) is 0 Å². The number of carbonyl (C=O) groups excluding carboxylic acids is 1. The van der Waals surface area contributed by atoms with E-state index in [2.05, 4.69) is 4.74 Å². The lowest BCUT2D eigenvalue weighted by Gasteiger charge is -2.04. The summed E-state index contributed by atoms with van der Waals surface area (Å²) in [6.07, 6.45) is 1.79. The first-order chi connectivity index (χ1) is 3.63. The lowest BCUT2D eigenvalue weighted by atomic mass is 10.3. The van der Waals surface area contributed by atoms with E-state index in [-0.39, 0.29) is 0 Å². The Balaban J connectivity index is 2.82. The third-order valence-electron chi connectivity index (χ3n) is 0.776. The minimum absolute atomic E-state index is 0.856. The summed E-state index contributed by atoms with van der Waals surface area (Å²) >= 11 is 0. The molecule has 0 aromatic carbocycles. The van der Waals surface area contributed by atoms with Crippen LogP contribution in [0.3, 0.4) is 0 Å². The molecule has 0 bridgehead atoms. The van der Waals surface area contributed by atoms with Gasteiger partial charge >= 0.3 is 5.97 Å². The summed E-state index contributed by atoms with van der Waals surface area (Å²) < 4.78 is 4.05. The van der Waals surface area contributed by atoms with Gasteiger partial charge in [-0.05, 0) is 0 Å². The first kappa shape index (κ1) is 5.27. The van der Waals surface area contributed by atoms with Gasteiger partial charge < -0.3 is 14.9 Å². The Bertz CT molecular complexity index is 146. The molecule has 0 saturated heterocycles. The zero-order valence-electron chi connectivity index (χ0n) is 3.87. The second-order valence-corrected chi connectivity index (χ2v) is 1.43. The number of esters is 1. The molecule has 8 heavy (non-hydrogen) atoms. The van der Waals surface area contributed by atoms with Crippen LogP contribution >= 0.6 is 0 Å². The van der Waals surface area contributed by atoms with Crippen molar-refractivity contribution in [1.29, 1.82) is 0 Å². The topological polar surface area (TPSA) is 66.8 Å². The van der Waals surface area contributed by atoms with E-state index in [1.54, 1.807) is 0 Å². The number of aliphatic hydroxyl groups is 2. The van der Waals surface area contributed by atoms with Crippen molar-refractivity contribution in [2.45, 2.75) is 5.79 Å². The Labute approximate surface area is 45.0 Å². The molecule has 1 rings (SSSR count). The lowest BCUT2D eigenvalue weighted by Crippen LogP contribution is -2.32. The summed E-state index contributed by atoms with van der Waals surface area (Å²) in [5.41, 5.74) is 0. The number of ether oxygens (including phenoxy) is 1. The second kappa shape index (κ2) is 1.30. The number of hydrogen-bond acceptors (Lipinski definition) is 4. The smallest absolute Gasteiger partial charge is 0.375 e. The minimum atomic E-state index is -2.39. The van der Waals surface area contributed by atoms with E-state index in [1.807, 2.05) is 0 Å².